The fourth-order valence-corrected chi connectivity index (χ4v) is 3.28. The predicted octanol–water partition coefficient (Wildman–Crippen LogP) is 4.67. The van der Waals surface area contributed by atoms with Gasteiger partial charge in [0.15, 0.2) is 0 Å². The molecule has 0 saturated heterocycles. The van der Waals surface area contributed by atoms with E-state index >= 15 is 0 Å². The number of benzene rings is 1. The molecule has 0 heterocycles. The van der Waals surface area contributed by atoms with Crippen LogP contribution in [0.1, 0.15) is 44.6 Å². The van der Waals surface area contributed by atoms with Crippen LogP contribution in [0.25, 0.3) is 0 Å². The monoisotopic (exact) mass is 264 g/mol. The molecule has 0 bridgehead atoms. The van der Waals surface area contributed by atoms with Crippen LogP contribution in [0.15, 0.2) is 24.3 Å². The maximum absolute atomic E-state index is 12.4. The number of halogens is 1. The van der Waals surface area contributed by atoms with Crippen molar-refractivity contribution in [2.24, 2.45) is 11.8 Å². The highest BCUT2D eigenvalue weighted by Gasteiger charge is 2.29. The third kappa shape index (κ3) is 3.14. The van der Waals surface area contributed by atoms with Crippen LogP contribution in [0.3, 0.4) is 0 Å². The quantitative estimate of drug-likeness (QED) is 0.772. The molecule has 0 radical (unpaired) electrons. The zero-order valence-electron chi connectivity index (χ0n) is 11.0. The molecule has 0 spiro atoms. The van der Waals surface area contributed by atoms with E-state index in [1.54, 1.807) is 0 Å². The lowest BCUT2D eigenvalue weighted by atomic mass is 9.74. The molecule has 2 unspecified atom stereocenters. The van der Waals surface area contributed by atoms with Crippen LogP contribution in [0.2, 0.25) is 5.02 Å². The summed E-state index contributed by atoms with van der Waals surface area (Å²) in [6.07, 6.45) is 6.40. The lowest BCUT2D eigenvalue weighted by Crippen LogP contribution is -2.28. The average molecular weight is 265 g/mol. The highest BCUT2D eigenvalue weighted by molar-refractivity contribution is 6.31. The molecule has 1 aliphatic carbocycles. The standard InChI is InChI=1S/C16H21ClO/c1-2-12-7-3-5-9-14(12)16(18)11-13-8-4-6-10-15(13)17/h4,6,8,10,12,14H,2-3,5,7,9,11H2,1H3. The Balaban J connectivity index is 2.05. The summed E-state index contributed by atoms with van der Waals surface area (Å²) in [7, 11) is 0. The minimum atomic E-state index is 0.264. The molecule has 18 heavy (non-hydrogen) atoms. The van der Waals surface area contributed by atoms with E-state index in [4.69, 9.17) is 11.6 Å². The maximum Gasteiger partial charge on any atom is 0.140 e. The second-order valence-electron chi connectivity index (χ2n) is 5.29. The summed E-state index contributed by atoms with van der Waals surface area (Å²) >= 11 is 6.13. The van der Waals surface area contributed by atoms with Gasteiger partial charge in [0.05, 0.1) is 0 Å². The third-order valence-electron chi connectivity index (χ3n) is 4.17. The van der Waals surface area contributed by atoms with E-state index in [-0.39, 0.29) is 5.92 Å². The van der Waals surface area contributed by atoms with E-state index in [0.717, 1.165) is 23.4 Å². The van der Waals surface area contributed by atoms with Gasteiger partial charge in [-0.1, -0.05) is 56.0 Å². The normalized spacial score (nSPS) is 23.9. The van der Waals surface area contributed by atoms with Gasteiger partial charge in [-0.05, 0) is 30.4 Å². The van der Waals surface area contributed by atoms with E-state index in [1.165, 1.54) is 19.3 Å². The van der Waals surface area contributed by atoms with Gasteiger partial charge in [-0.15, -0.1) is 0 Å². The van der Waals surface area contributed by atoms with Crippen LogP contribution in [0, 0.1) is 11.8 Å². The molecule has 0 aromatic heterocycles. The summed E-state index contributed by atoms with van der Waals surface area (Å²) in [4.78, 5) is 12.4. The highest BCUT2D eigenvalue weighted by atomic mass is 35.5. The second-order valence-corrected chi connectivity index (χ2v) is 5.70. The zero-order valence-corrected chi connectivity index (χ0v) is 11.7. The van der Waals surface area contributed by atoms with Gasteiger partial charge in [0, 0.05) is 17.4 Å². The van der Waals surface area contributed by atoms with E-state index in [2.05, 4.69) is 6.92 Å². The predicted molar refractivity (Wildman–Crippen MR) is 75.9 cm³/mol. The summed E-state index contributed by atoms with van der Waals surface area (Å²) in [6.45, 7) is 2.20. The van der Waals surface area contributed by atoms with Crippen molar-refractivity contribution in [1.29, 1.82) is 0 Å². The molecule has 0 N–H and O–H groups in total. The van der Waals surface area contributed by atoms with E-state index in [0.29, 0.717) is 18.1 Å². The largest absolute Gasteiger partial charge is 0.299 e. The average Bonchev–Trinajstić information content (AvgIpc) is 2.41. The van der Waals surface area contributed by atoms with Crippen molar-refractivity contribution >= 4 is 17.4 Å². The van der Waals surface area contributed by atoms with E-state index in [9.17, 15) is 4.79 Å². The number of carbonyl (C=O) groups is 1. The Kier molecular flexibility index (Phi) is 4.82. The lowest BCUT2D eigenvalue weighted by molar-refractivity contribution is -0.125. The second kappa shape index (κ2) is 6.38. The van der Waals surface area contributed by atoms with Crippen molar-refractivity contribution in [1.82, 2.24) is 0 Å². The molecule has 2 heteroatoms. The van der Waals surface area contributed by atoms with Gasteiger partial charge in [-0.25, -0.2) is 0 Å². The van der Waals surface area contributed by atoms with Gasteiger partial charge >= 0.3 is 0 Å². The van der Waals surface area contributed by atoms with Crippen LogP contribution < -0.4 is 0 Å². The number of hydrogen-bond donors (Lipinski definition) is 0. The molecule has 1 nitrogen and oxygen atoms in total. The summed E-state index contributed by atoms with van der Waals surface area (Å²) in [6, 6.07) is 7.69. The Morgan fingerprint density at radius 1 is 1.28 bits per heavy atom. The first kappa shape index (κ1) is 13.6. The van der Waals surface area contributed by atoms with E-state index in [1.807, 2.05) is 24.3 Å². The van der Waals surface area contributed by atoms with Crippen LogP contribution in [0.5, 0.6) is 0 Å². The Labute approximate surface area is 115 Å². The van der Waals surface area contributed by atoms with Gasteiger partial charge in [0.25, 0.3) is 0 Å². The molecular formula is C16H21ClO. The number of ketones is 1. The minimum Gasteiger partial charge on any atom is -0.299 e. The fraction of sp³-hybridized carbons (Fsp3) is 0.562. The molecule has 2 rings (SSSR count). The zero-order chi connectivity index (χ0) is 13.0. The molecular weight excluding hydrogens is 244 g/mol. The Morgan fingerprint density at radius 3 is 2.72 bits per heavy atom. The summed E-state index contributed by atoms with van der Waals surface area (Å²) in [5.74, 6) is 1.24. The van der Waals surface area contributed by atoms with Crippen LogP contribution in [0.4, 0.5) is 0 Å². The Hall–Kier alpha value is -0.820. The first-order chi connectivity index (χ1) is 8.72. The topological polar surface area (TPSA) is 17.1 Å². The molecule has 1 fully saturated rings. The van der Waals surface area contributed by atoms with Gasteiger partial charge in [-0.2, -0.15) is 0 Å². The summed E-state index contributed by atoms with van der Waals surface area (Å²) in [5, 5.41) is 0.717. The maximum atomic E-state index is 12.4. The highest BCUT2D eigenvalue weighted by Crippen LogP contribution is 2.33. The van der Waals surface area contributed by atoms with Crippen molar-refractivity contribution in [3.8, 4) is 0 Å². The molecule has 0 aliphatic heterocycles. The minimum absolute atomic E-state index is 0.264. The van der Waals surface area contributed by atoms with Crippen LogP contribution in [-0.2, 0) is 11.2 Å². The SMILES string of the molecule is CCC1CCCCC1C(=O)Cc1ccccc1Cl. The molecule has 1 aliphatic rings. The fourth-order valence-electron chi connectivity index (χ4n) is 3.08. The van der Waals surface area contributed by atoms with Crippen molar-refractivity contribution in [3.63, 3.8) is 0 Å². The van der Waals surface area contributed by atoms with Gasteiger partial charge in [-0.3, -0.25) is 4.79 Å². The number of Topliss-reactive ketones (excluding diaryl/α,β-unsaturated/α-hetero) is 1. The first-order valence-electron chi connectivity index (χ1n) is 6.98. The smallest absolute Gasteiger partial charge is 0.140 e. The lowest BCUT2D eigenvalue weighted by Gasteiger charge is -2.29. The van der Waals surface area contributed by atoms with Crippen molar-refractivity contribution in [3.05, 3.63) is 34.9 Å². The molecule has 2 atom stereocenters. The molecule has 1 aromatic rings. The molecule has 98 valence electrons. The van der Waals surface area contributed by atoms with Crippen molar-refractivity contribution in [2.45, 2.75) is 45.4 Å². The van der Waals surface area contributed by atoms with E-state index < -0.39 is 0 Å². The summed E-state index contributed by atoms with van der Waals surface area (Å²) < 4.78 is 0. The summed E-state index contributed by atoms with van der Waals surface area (Å²) in [5.41, 5.74) is 0.976. The van der Waals surface area contributed by atoms with Gasteiger partial charge in [0.2, 0.25) is 0 Å². The molecule has 1 aromatic carbocycles. The Morgan fingerprint density at radius 2 is 2.00 bits per heavy atom. The van der Waals surface area contributed by atoms with Crippen molar-refractivity contribution < 1.29 is 4.79 Å². The number of hydrogen-bond acceptors (Lipinski definition) is 1. The van der Waals surface area contributed by atoms with Crippen LogP contribution in [-0.4, -0.2) is 5.78 Å². The van der Waals surface area contributed by atoms with Crippen LogP contribution >= 0.6 is 11.6 Å². The Bertz CT molecular complexity index is 413. The van der Waals surface area contributed by atoms with Gasteiger partial charge < -0.3 is 0 Å². The number of rotatable bonds is 4. The van der Waals surface area contributed by atoms with Gasteiger partial charge in [0.1, 0.15) is 5.78 Å². The molecule has 0 amide bonds. The third-order valence-corrected chi connectivity index (χ3v) is 4.54. The molecule has 1 saturated carbocycles. The first-order valence-corrected chi connectivity index (χ1v) is 7.36. The van der Waals surface area contributed by atoms with Crippen molar-refractivity contribution in [2.75, 3.05) is 0 Å². The number of carbonyl (C=O) groups excluding carboxylic acids is 1.